The molecular weight excluding hydrogens is 303 g/mol. The van der Waals surface area contributed by atoms with E-state index in [-0.39, 0.29) is 16.8 Å². The normalized spacial score (nSPS) is 19.1. The smallest absolute Gasteiger partial charge is 0.309 e. The van der Waals surface area contributed by atoms with Crippen molar-refractivity contribution >= 4 is 11.6 Å². The second-order valence-electron chi connectivity index (χ2n) is 4.97. The van der Waals surface area contributed by atoms with Gasteiger partial charge in [-0.25, -0.2) is 4.98 Å². The molecule has 2 heterocycles. The van der Waals surface area contributed by atoms with E-state index in [1.165, 1.54) is 23.0 Å². The summed E-state index contributed by atoms with van der Waals surface area (Å²) in [5, 5.41) is 3.32. The summed E-state index contributed by atoms with van der Waals surface area (Å²) in [7, 11) is 0. The third-order valence-corrected chi connectivity index (χ3v) is 3.92. The van der Waals surface area contributed by atoms with E-state index >= 15 is 0 Å². The Morgan fingerprint density at radius 2 is 2.14 bits per heavy atom. The molecule has 7 heteroatoms. The van der Waals surface area contributed by atoms with Crippen LogP contribution in [0.1, 0.15) is 30.1 Å². The fraction of sp³-hybridized carbons (Fsp3) is 0.357. The monoisotopic (exact) mass is 315 g/mol. The molecule has 1 N–H and O–H groups in total. The zero-order valence-corrected chi connectivity index (χ0v) is 11.7. The number of para-hydroxylation sites is 1. The largest absolute Gasteiger partial charge is 0.418 e. The Balaban J connectivity index is 2.15. The number of hydrogen-bond acceptors (Lipinski definition) is 2. The van der Waals surface area contributed by atoms with Crippen molar-refractivity contribution in [1.82, 2.24) is 14.9 Å². The lowest BCUT2D eigenvalue weighted by Gasteiger charge is -2.19. The highest BCUT2D eigenvalue weighted by atomic mass is 35.5. The van der Waals surface area contributed by atoms with Crippen LogP contribution in [0, 0.1) is 0 Å². The second kappa shape index (κ2) is 5.35. The van der Waals surface area contributed by atoms with Gasteiger partial charge in [-0.1, -0.05) is 17.7 Å². The van der Waals surface area contributed by atoms with Gasteiger partial charge in [0.1, 0.15) is 0 Å². The number of alkyl halides is 3. The van der Waals surface area contributed by atoms with E-state index < -0.39 is 11.7 Å². The molecule has 1 unspecified atom stereocenters. The Bertz CT molecular complexity index is 645. The van der Waals surface area contributed by atoms with Gasteiger partial charge in [0.05, 0.1) is 34.5 Å². The molecule has 1 atom stereocenters. The lowest BCUT2D eigenvalue weighted by atomic mass is 10.1. The molecule has 1 saturated heterocycles. The molecule has 0 aliphatic carbocycles. The molecule has 3 rings (SSSR count). The van der Waals surface area contributed by atoms with Gasteiger partial charge in [0.25, 0.3) is 0 Å². The molecule has 21 heavy (non-hydrogen) atoms. The molecule has 1 aliphatic heterocycles. The van der Waals surface area contributed by atoms with Crippen molar-refractivity contribution in [1.29, 1.82) is 0 Å². The molecule has 1 fully saturated rings. The van der Waals surface area contributed by atoms with Crippen LogP contribution in [0.15, 0.2) is 30.7 Å². The molecular formula is C14H13ClF3N3. The van der Waals surface area contributed by atoms with Crippen LogP contribution >= 0.6 is 11.6 Å². The average molecular weight is 316 g/mol. The van der Waals surface area contributed by atoms with Crippen molar-refractivity contribution in [3.63, 3.8) is 0 Å². The van der Waals surface area contributed by atoms with Gasteiger partial charge in [-0.15, -0.1) is 0 Å². The van der Waals surface area contributed by atoms with Crippen LogP contribution in [0.5, 0.6) is 0 Å². The van der Waals surface area contributed by atoms with Crippen LogP contribution in [0.25, 0.3) is 5.69 Å². The summed E-state index contributed by atoms with van der Waals surface area (Å²) in [6.07, 6.45) is 0.366. The maximum Gasteiger partial charge on any atom is 0.418 e. The maximum absolute atomic E-state index is 13.2. The van der Waals surface area contributed by atoms with Crippen molar-refractivity contribution < 1.29 is 13.2 Å². The number of halogens is 4. The number of hydrogen-bond donors (Lipinski definition) is 1. The van der Waals surface area contributed by atoms with Crippen LogP contribution in [0.4, 0.5) is 13.2 Å². The molecule has 0 amide bonds. The summed E-state index contributed by atoms with van der Waals surface area (Å²) >= 11 is 6.04. The van der Waals surface area contributed by atoms with Crippen LogP contribution in [-0.4, -0.2) is 16.1 Å². The van der Waals surface area contributed by atoms with E-state index in [0.29, 0.717) is 5.69 Å². The van der Waals surface area contributed by atoms with Gasteiger partial charge in [0.2, 0.25) is 0 Å². The first-order valence-corrected chi connectivity index (χ1v) is 6.98. The van der Waals surface area contributed by atoms with Crippen LogP contribution in [0.3, 0.4) is 0 Å². The fourth-order valence-corrected chi connectivity index (χ4v) is 2.94. The molecule has 112 valence electrons. The number of aromatic nitrogens is 2. The lowest BCUT2D eigenvalue weighted by Crippen LogP contribution is -2.18. The van der Waals surface area contributed by atoms with Crippen molar-refractivity contribution in [3.8, 4) is 5.69 Å². The summed E-state index contributed by atoms with van der Waals surface area (Å²) < 4.78 is 41.1. The number of rotatable bonds is 2. The summed E-state index contributed by atoms with van der Waals surface area (Å²) in [6, 6.07) is 3.80. The average Bonchev–Trinajstić information content (AvgIpc) is 3.08. The minimum atomic E-state index is -4.47. The summed E-state index contributed by atoms with van der Waals surface area (Å²) in [6.45, 7) is 0.852. The minimum absolute atomic E-state index is 0.00450. The van der Waals surface area contributed by atoms with E-state index in [1.54, 1.807) is 6.20 Å². The van der Waals surface area contributed by atoms with E-state index in [0.717, 1.165) is 25.5 Å². The first-order valence-electron chi connectivity index (χ1n) is 6.60. The van der Waals surface area contributed by atoms with Crippen molar-refractivity contribution in [2.24, 2.45) is 0 Å². The standard InChI is InChI=1S/C14H13ClF3N3/c15-10-4-1-3-9(14(16,17)18)13(10)21-8-19-7-12(21)11-5-2-6-20-11/h1,3-4,7-8,11,20H,2,5-6H2. The van der Waals surface area contributed by atoms with Gasteiger partial charge in [0, 0.05) is 6.04 Å². The third-order valence-electron chi connectivity index (χ3n) is 3.62. The Morgan fingerprint density at radius 1 is 1.33 bits per heavy atom. The van der Waals surface area contributed by atoms with E-state index in [2.05, 4.69) is 10.3 Å². The summed E-state index contributed by atoms with van der Waals surface area (Å²) in [4.78, 5) is 4.00. The van der Waals surface area contributed by atoms with Crippen LogP contribution in [-0.2, 0) is 6.18 Å². The molecule has 1 aromatic heterocycles. The van der Waals surface area contributed by atoms with Crippen molar-refractivity contribution in [3.05, 3.63) is 47.0 Å². The van der Waals surface area contributed by atoms with Gasteiger partial charge >= 0.3 is 6.18 Å². The lowest BCUT2D eigenvalue weighted by molar-refractivity contribution is -0.137. The summed E-state index contributed by atoms with van der Waals surface area (Å²) in [5.74, 6) is 0. The molecule has 0 radical (unpaired) electrons. The van der Waals surface area contributed by atoms with Crippen LogP contribution in [0.2, 0.25) is 5.02 Å². The molecule has 0 spiro atoms. The third kappa shape index (κ3) is 2.65. The molecule has 1 aromatic carbocycles. The number of nitrogens with one attached hydrogen (secondary N) is 1. The van der Waals surface area contributed by atoms with Gasteiger partial charge < -0.3 is 5.32 Å². The molecule has 0 bridgehead atoms. The molecule has 0 saturated carbocycles. The van der Waals surface area contributed by atoms with Gasteiger partial charge in [-0.05, 0) is 31.5 Å². The minimum Gasteiger partial charge on any atom is -0.309 e. The van der Waals surface area contributed by atoms with Crippen LogP contribution < -0.4 is 5.32 Å². The van der Waals surface area contributed by atoms with Gasteiger partial charge in [-0.2, -0.15) is 13.2 Å². The summed E-state index contributed by atoms with van der Waals surface area (Å²) in [5.41, 5.74) is -0.119. The highest BCUT2D eigenvalue weighted by Gasteiger charge is 2.35. The zero-order chi connectivity index (χ0) is 15.0. The van der Waals surface area contributed by atoms with Gasteiger partial charge in [-0.3, -0.25) is 4.57 Å². The maximum atomic E-state index is 13.2. The fourth-order valence-electron chi connectivity index (χ4n) is 2.68. The molecule has 1 aliphatic rings. The number of benzene rings is 1. The zero-order valence-electron chi connectivity index (χ0n) is 11.0. The Hall–Kier alpha value is -1.53. The molecule has 3 nitrogen and oxygen atoms in total. The Labute approximate surface area is 124 Å². The number of nitrogens with zero attached hydrogens (tertiary/aromatic N) is 2. The highest BCUT2D eigenvalue weighted by Crippen LogP contribution is 2.38. The first-order chi connectivity index (χ1) is 9.98. The van der Waals surface area contributed by atoms with Crippen molar-refractivity contribution in [2.45, 2.75) is 25.1 Å². The Kier molecular flexibility index (Phi) is 3.67. The van der Waals surface area contributed by atoms with E-state index in [1.807, 2.05) is 0 Å². The molecule has 2 aromatic rings. The second-order valence-corrected chi connectivity index (χ2v) is 5.38. The van der Waals surface area contributed by atoms with Crippen molar-refractivity contribution in [2.75, 3.05) is 6.54 Å². The Morgan fingerprint density at radius 3 is 2.81 bits per heavy atom. The predicted octanol–water partition coefficient (Wildman–Crippen LogP) is 3.97. The topological polar surface area (TPSA) is 29.9 Å². The van der Waals surface area contributed by atoms with E-state index in [9.17, 15) is 13.2 Å². The number of imidazole rings is 1. The SMILES string of the molecule is FC(F)(F)c1cccc(Cl)c1-n1cncc1C1CCCN1. The van der Waals surface area contributed by atoms with E-state index in [4.69, 9.17) is 11.6 Å². The van der Waals surface area contributed by atoms with Gasteiger partial charge in [0.15, 0.2) is 0 Å². The quantitative estimate of drug-likeness (QED) is 0.909. The predicted molar refractivity (Wildman–Crippen MR) is 73.6 cm³/mol. The highest BCUT2D eigenvalue weighted by molar-refractivity contribution is 6.32. The first kappa shape index (κ1) is 14.4.